The molecule has 90 valence electrons. The van der Waals surface area contributed by atoms with Gasteiger partial charge in [0.1, 0.15) is 5.82 Å². The van der Waals surface area contributed by atoms with Crippen LogP contribution in [0.25, 0.3) is 0 Å². The van der Waals surface area contributed by atoms with Gasteiger partial charge in [0.25, 0.3) is 0 Å². The van der Waals surface area contributed by atoms with Gasteiger partial charge in [-0.2, -0.15) is 0 Å². The van der Waals surface area contributed by atoms with E-state index in [2.05, 4.69) is 4.72 Å². The first-order chi connectivity index (χ1) is 7.13. The molecule has 0 spiro atoms. The molecule has 4 nitrogen and oxygen atoms in total. The van der Waals surface area contributed by atoms with E-state index in [9.17, 15) is 12.8 Å². The number of nitrogens with two attached hydrogens (primary N) is 1. The van der Waals surface area contributed by atoms with Crippen LogP contribution in [0.3, 0.4) is 0 Å². The Balaban J connectivity index is 3.07. The Morgan fingerprint density at radius 3 is 2.31 bits per heavy atom. The highest BCUT2D eigenvalue weighted by Crippen LogP contribution is 2.22. The summed E-state index contributed by atoms with van der Waals surface area (Å²) >= 11 is 0. The zero-order valence-corrected chi connectivity index (χ0v) is 10.2. The molecular weight excluding hydrogens is 231 g/mol. The van der Waals surface area contributed by atoms with Crippen molar-refractivity contribution in [2.75, 3.05) is 10.5 Å². The van der Waals surface area contributed by atoms with Crippen LogP contribution in [-0.4, -0.2) is 13.2 Å². The summed E-state index contributed by atoms with van der Waals surface area (Å²) in [5.41, 5.74) is 5.51. The van der Waals surface area contributed by atoms with Gasteiger partial charge in [0, 0.05) is 5.69 Å². The molecule has 16 heavy (non-hydrogen) atoms. The Kier molecular flexibility index (Phi) is 3.14. The van der Waals surface area contributed by atoms with Gasteiger partial charge in [-0.1, -0.05) is 0 Å². The number of nitrogen functional groups attached to an aromatic ring is 1. The molecule has 6 heteroatoms. The molecule has 1 aromatic rings. The fraction of sp³-hybridized carbons (Fsp3) is 0.400. The lowest BCUT2D eigenvalue weighted by atomic mass is 10.3. The summed E-state index contributed by atoms with van der Waals surface area (Å²) in [5, 5.41) is 0. The fourth-order valence-corrected chi connectivity index (χ4v) is 1.67. The predicted molar refractivity (Wildman–Crippen MR) is 63.1 cm³/mol. The summed E-state index contributed by atoms with van der Waals surface area (Å²) in [6.07, 6.45) is 0. The Morgan fingerprint density at radius 2 is 1.88 bits per heavy atom. The maximum atomic E-state index is 13.4. The molecule has 0 amide bonds. The summed E-state index contributed by atoms with van der Waals surface area (Å²) in [5.74, 6) is -0.687. The molecule has 1 aromatic carbocycles. The van der Waals surface area contributed by atoms with Gasteiger partial charge in [-0.3, -0.25) is 4.72 Å². The van der Waals surface area contributed by atoms with Crippen molar-refractivity contribution in [3.63, 3.8) is 0 Å². The van der Waals surface area contributed by atoms with Gasteiger partial charge >= 0.3 is 0 Å². The minimum Gasteiger partial charge on any atom is -0.399 e. The molecule has 0 fully saturated rings. The first kappa shape index (κ1) is 12.8. The molecule has 0 bridgehead atoms. The summed E-state index contributed by atoms with van der Waals surface area (Å²) in [4.78, 5) is 0. The van der Waals surface area contributed by atoms with Crippen LogP contribution in [0.2, 0.25) is 0 Å². The third kappa shape index (κ3) is 2.63. The van der Waals surface area contributed by atoms with Crippen molar-refractivity contribution < 1.29 is 12.8 Å². The highest BCUT2D eigenvalue weighted by molar-refractivity contribution is 7.94. The molecule has 0 radical (unpaired) electrons. The van der Waals surface area contributed by atoms with Gasteiger partial charge in [0.15, 0.2) is 0 Å². The van der Waals surface area contributed by atoms with E-state index < -0.39 is 20.6 Å². The van der Waals surface area contributed by atoms with Crippen molar-refractivity contribution in [2.45, 2.75) is 25.5 Å². The summed E-state index contributed by atoms with van der Waals surface area (Å²) in [6, 6.07) is 3.80. The summed E-state index contributed by atoms with van der Waals surface area (Å²) < 4.78 is 38.1. The van der Waals surface area contributed by atoms with Gasteiger partial charge < -0.3 is 5.73 Å². The molecule has 0 unspecified atom stereocenters. The quantitative estimate of drug-likeness (QED) is 0.783. The third-order valence-corrected chi connectivity index (χ3v) is 4.14. The van der Waals surface area contributed by atoms with Crippen molar-refractivity contribution in [1.29, 1.82) is 0 Å². The first-order valence-corrected chi connectivity index (χ1v) is 6.19. The van der Waals surface area contributed by atoms with Crippen molar-refractivity contribution in [1.82, 2.24) is 0 Å². The molecular formula is C10H15FN2O2S. The van der Waals surface area contributed by atoms with Gasteiger partial charge in [-0.25, -0.2) is 12.8 Å². The standard InChI is InChI=1S/C10H15FN2O2S/c1-10(2,3)16(14,15)13-9-5-4-7(12)6-8(9)11/h4-6,13H,12H2,1-3H3. The number of sulfonamides is 1. The van der Waals surface area contributed by atoms with Crippen LogP contribution >= 0.6 is 0 Å². The van der Waals surface area contributed by atoms with E-state index in [0.29, 0.717) is 0 Å². The van der Waals surface area contributed by atoms with Gasteiger partial charge in [-0.05, 0) is 39.0 Å². The molecule has 0 atom stereocenters. The SMILES string of the molecule is CC(C)(C)S(=O)(=O)Nc1ccc(N)cc1F. The molecule has 0 aromatic heterocycles. The maximum absolute atomic E-state index is 13.4. The van der Waals surface area contributed by atoms with Crippen LogP contribution in [0.15, 0.2) is 18.2 Å². The van der Waals surface area contributed by atoms with Crippen LogP contribution in [0, 0.1) is 5.82 Å². The second kappa shape index (κ2) is 3.93. The van der Waals surface area contributed by atoms with Crippen LogP contribution < -0.4 is 10.5 Å². The zero-order valence-electron chi connectivity index (χ0n) is 9.41. The Morgan fingerprint density at radius 1 is 1.31 bits per heavy atom. The van der Waals surface area contributed by atoms with E-state index in [1.165, 1.54) is 32.9 Å². The minimum atomic E-state index is -3.62. The van der Waals surface area contributed by atoms with Crippen LogP contribution in [0.5, 0.6) is 0 Å². The maximum Gasteiger partial charge on any atom is 0.237 e. The lowest BCUT2D eigenvalue weighted by molar-refractivity contribution is 0.564. The lowest BCUT2D eigenvalue weighted by Crippen LogP contribution is -2.33. The number of nitrogens with one attached hydrogen (secondary N) is 1. The number of hydrogen-bond donors (Lipinski definition) is 2. The second-order valence-corrected chi connectivity index (χ2v) is 6.89. The summed E-state index contributed by atoms with van der Waals surface area (Å²) in [7, 11) is -3.62. The van der Waals surface area contributed by atoms with E-state index in [1.807, 2.05) is 0 Å². The minimum absolute atomic E-state index is 0.0934. The number of halogens is 1. The van der Waals surface area contributed by atoms with Gasteiger partial charge in [-0.15, -0.1) is 0 Å². The molecule has 0 saturated heterocycles. The van der Waals surface area contributed by atoms with Crippen molar-refractivity contribution in [3.05, 3.63) is 24.0 Å². The van der Waals surface area contributed by atoms with Gasteiger partial charge in [0.2, 0.25) is 10.0 Å². The Labute approximate surface area is 94.7 Å². The number of hydrogen-bond acceptors (Lipinski definition) is 3. The Hall–Kier alpha value is -1.30. The number of benzene rings is 1. The summed E-state index contributed by atoms with van der Waals surface area (Å²) in [6.45, 7) is 4.60. The zero-order chi connectivity index (χ0) is 12.6. The largest absolute Gasteiger partial charge is 0.399 e. The smallest absolute Gasteiger partial charge is 0.237 e. The van der Waals surface area contributed by atoms with Crippen LogP contribution in [0.1, 0.15) is 20.8 Å². The van der Waals surface area contributed by atoms with Gasteiger partial charge in [0.05, 0.1) is 10.4 Å². The normalized spacial score (nSPS) is 12.5. The molecule has 0 aliphatic heterocycles. The van der Waals surface area contributed by atoms with E-state index in [0.717, 1.165) is 6.07 Å². The molecule has 0 aliphatic rings. The van der Waals surface area contributed by atoms with E-state index in [1.54, 1.807) is 0 Å². The number of rotatable bonds is 2. The molecule has 3 N–H and O–H groups in total. The van der Waals surface area contributed by atoms with Crippen molar-refractivity contribution in [3.8, 4) is 0 Å². The second-order valence-electron chi connectivity index (χ2n) is 4.46. The van der Waals surface area contributed by atoms with Crippen LogP contribution in [-0.2, 0) is 10.0 Å². The van der Waals surface area contributed by atoms with E-state index in [-0.39, 0.29) is 11.4 Å². The average Bonchev–Trinajstić information content (AvgIpc) is 2.08. The molecule has 0 saturated carbocycles. The fourth-order valence-electron chi connectivity index (χ4n) is 0.912. The Bertz CT molecular complexity index is 492. The number of anilines is 2. The predicted octanol–water partition coefficient (Wildman–Crippen LogP) is 1.95. The average molecular weight is 246 g/mol. The highest BCUT2D eigenvalue weighted by Gasteiger charge is 2.29. The van der Waals surface area contributed by atoms with E-state index in [4.69, 9.17) is 5.73 Å². The molecule has 0 heterocycles. The monoisotopic (exact) mass is 246 g/mol. The lowest BCUT2D eigenvalue weighted by Gasteiger charge is -2.20. The molecule has 1 rings (SSSR count). The van der Waals surface area contributed by atoms with Crippen LogP contribution in [0.4, 0.5) is 15.8 Å². The van der Waals surface area contributed by atoms with Crippen molar-refractivity contribution >= 4 is 21.4 Å². The first-order valence-electron chi connectivity index (χ1n) is 4.71. The van der Waals surface area contributed by atoms with Crippen molar-refractivity contribution in [2.24, 2.45) is 0 Å². The topological polar surface area (TPSA) is 72.2 Å². The highest BCUT2D eigenvalue weighted by atomic mass is 32.2. The van der Waals surface area contributed by atoms with E-state index >= 15 is 0 Å². The third-order valence-electron chi connectivity index (χ3n) is 2.04. The molecule has 0 aliphatic carbocycles.